The molecule has 2 heterocycles. The van der Waals surface area contributed by atoms with E-state index in [1.54, 1.807) is 4.68 Å². The van der Waals surface area contributed by atoms with Crippen molar-refractivity contribution in [2.24, 2.45) is 12.8 Å². The van der Waals surface area contributed by atoms with Crippen LogP contribution in [0.3, 0.4) is 0 Å². The SMILES string of the molecule is Cc1nn(C)cc1CN1CCC(N)(C(=O)O)C1. The Morgan fingerprint density at radius 2 is 2.41 bits per heavy atom. The minimum atomic E-state index is -1.09. The predicted octanol–water partition coefficient (Wildman–Crippen LogP) is -0.284. The highest BCUT2D eigenvalue weighted by atomic mass is 16.4. The van der Waals surface area contributed by atoms with Gasteiger partial charge in [0.15, 0.2) is 0 Å². The second-order valence-corrected chi connectivity index (χ2v) is 4.84. The van der Waals surface area contributed by atoms with Crippen LogP contribution in [0.1, 0.15) is 17.7 Å². The van der Waals surface area contributed by atoms with Crippen molar-refractivity contribution in [2.45, 2.75) is 25.4 Å². The molecule has 1 aliphatic rings. The first-order chi connectivity index (χ1) is 7.90. The normalized spacial score (nSPS) is 25.4. The summed E-state index contributed by atoms with van der Waals surface area (Å²) in [5.41, 5.74) is 6.85. The molecule has 1 unspecified atom stereocenters. The Labute approximate surface area is 100 Å². The first-order valence-corrected chi connectivity index (χ1v) is 5.64. The van der Waals surface area contributed by atoms with Gasteiger partial charge in [-0.25, -0.2) is 0 Å². The van der Waals surface area contributed by atoms with Gasteiger partial charge in [0.25, 0.3) is 0 Å². The molecule has 1 aromatic heterocycles. The molecular weight excluding hydrogens is 220 g/mol. The van der Waals surface area contributed by atoms with Crippen LogP contribution >= 0.6 is 0 Å². The summed E-state index contributed by atoms with van der Waals surface area (Å²) in [6.07, 6.45) is 2.47. The number of aromatic nitrogens is 2. The van der Waals surface area contributed by atoms with Crippen molar-refractivity contribution in [3.05, 3.63) is 17.5 Å². The third kappa shape index (κ3) is 2.32. The number of hydrogen-bond acceptors (Lipinski definition) is 4. The molecule has 1 atom stereocenters. The summed E-state index contributed by atoms with van der Waals surface area (Å²) in [5, 5.41) is 13.3. The zero-order valence-electron chi connectivity index (χ0n) is 10.2. The van der Waals surface area contributed by atoms with Crippen molar-refractivity contribution in [1.82, 2.24) is 14.7 Å². The van der Waals surface area contributed by atoms with Crippen LogP contribution in [0.25, 0.3) is 0 Å². The van der Waals surface area contributed by atoms with Gasteiger partial charge in [-0.2, -0.15) is 5.10 Å². The van der Waals surface area contributed by atoms with Crippen LogP contribution < -0.4 is 5.73 Å². The van der Waals surface area contributed by atoms with Gasteiger partial charge >= 0.3 is 5.97 Å². The Morgan fingerprint density at radius 3 is 2.88 bits per heavy atom. The first-order valence-electron chi connectivity index (χ1n) is 5.64. The van der Waals surface area contributed by atoms with E-state index in [2.05, 4.69) is 10.00 Å². The molecule has 6 nitrogen and oxygen atoms in total. The number of aliphatic carboxylic acids is 1. The van der Waals surface area contributed by atoms with Crippen molar-refractivity contribution < 1.29 is 9.90 Å². The number of rotatable bonds is 3. The number of nitrogens with zero attached hydrogens (tertiary/aromatic N) is 3. The maximum Gasteiger partial charge on any atom is 0.325 e. The molecule has 1 saturated heterocycles. The van der Waals surface area contributed by atoms with Crippen LogP contribution in [0.15, 0.2) is 6.20 Å². The molecule has 0 spiro atoms. The minimum Gasteiger partial charge on any atom is -0.480 e. The molecule has 6 heteroatoms. The monoisotopic (exact) mass is 238 g/mol. The summed E-state index contributed by atoms with van der Waals surface area (Å²) in [6.45, 7) is 3.79. The minimum absolute atomic E-state index is 0.399. The topological polar surface area (TPSA) is 84.4 Å². The highest BCUT2D eigenvalue weighted by Gasteiger charge is 2.41. The largest absolute Gasteiger partial charge is 0.480 e. The van der Waals surface area contributed by atoms with Gasteiger partial charge < -0.3 is 10.8 Å². The van der Waals surface area contributed by atoms with Crippen LogP contribution in [-0.2, 0) is 18.4 Å². The van der Waals surface area contributed by atoms with E-state index in [4.69, 9.17) is 10.8 Å². The van der Waals surface area contributed by atoms with Gasteiger partial charge in [-0.1, -0.05) is 0 Å². The Morgan fingerprint density at radius 1 is 1.71 bits per heavy atom. The standard InChI is InChI=1S/C11H18N4O2/c1-8-9(5-14(2)13-8)6-15-4-3-11(12,7-15)10(16)17/h5H,3-4,6-7,12H2,1-2H3,(H,16,17). The lowest BCUT2D eigenvalue weighted by molar-refractivity contribution is -0.142. The van der Waals surface area contributed by atoms with Gasteiger partial charge in [-0.3, -0.25) is 14.4 Å². The molecule has 17 heavy (non-hydrogen) atoms. The summed E-state index contributed by atoms with van der Waals surface area (Å²) < 4.78 is 1.77. The van der Waals surface area contributed by atoms with Crippen molar-refractivity contribution in [1.29, 1.82) is 0 Å². The van der Waals surface area contributed by atoms with Gasteiger partial charge in [0, 0.05) is 38.4 Å². The maximum atomic E-state index is 11.0. The van der Waals surface area contributed by atoms with E-state index in [0.29, 0.717) is 19.5 Å². The van der Waals surface area contributed by atoms with E-state index < -0.39 is 11.5 Å². The molecule has 0 aromatic carbocycles. The first kappa shape index (κ1) is 12.1. The molecule has 3 N–H and O–H groups in total. The number of hydrogen-bond donors (Lipinski definition) is 2. The van der Waals surface area contributed by atoms with E-state index >= 15 is 0 Å². The zero-order chi connectivity index (χ0) is 12.6. The molecule has 94 valence electrons. The van der Waals surface area contributed by atoms with Gasteiger partial charge in [-0.05, 0) is 13.3 Å². The van der Waals surface area contributed by atoms with E-state index in [1.165, 1.54) is 0 Å². The number of aryl methyl sites for hydroxylation is 2. The molecule has 0 amide bonds. The third-order valence-corrected chi connectivity index (χ3v) is 3.31. The van der Waals surface area contributed by atoms with E-state index in [9.17, 15) is 4.79 Å². The Hall–Kier alpha value is -1.40. The average molecular weight is 238 g/mol. The molecular formula is C11H18N4O2. The van der Waals surface area contributed by atoms with Crippen LogP contribution in [0.4, 0.5) is 0 Å². The second kappa shape index (κ2) is 4.12. The lowest BCUT2D eigenvalue weighted by atomic mass is 10.0. The van der Waals surface area contributed by atoms with Gasteiger partial charge in [-0.15, -0.1) is 0 Å². The van der Waals surface area contributed by atoms with E-state index in [-0.39, 0.29) is 0 Å². The van der Waals surface area contributed by atoms with Crippen LogP contribution in [0.2, 0.25) is 0 Å². The molecule has 1 aromatic rings. The fourth-order valence-corrected chi connectivity index (χ4v) is 2.27. The average Bonchev–Trinajstić information content (AvgIpc) is 2.73. The summed E-state index contributed by atoms with van der Waals surface area (Å²) in [5.74, 6) is -0.914. The number of carbonyl (C=O) groups is 1. The smallest absolute Gasteiger partial charge is 0.325 e. The number of carboxylic acid groups (broad SMARTS) is 1. The highest BCUT2D eigenvalue weighted by Crippen LogP contribution is 2.21. The zero-order valence-corrected chi connectivity index (χ0v) is 10.2. The quantitative estimate of drug-likeness (QED) is 0.756. The number of likely N-dealkylation sites (tertiary alicyclic amines) is 1. The van der Waals surface area contributed by atoms with Crippen molar-refractivity contribution in [3.8, 4) is 0 Å². The van der Waals surface area contributed by atoms with Crippen molar-refractivity contribution in [3.63, 3.8) is 0 Å². The van der Waals surface area contributed by atoms with E-state index in [1.807, 2.05) is 20.2 Å². The third-order valence-electron chi connectivity index (χ3n) is 3.31. The Balaban J connectivity index is 2.03. The lowest BCUT2D eigenvalue weighted by Gasteiger charge is -2.19. The molecule has 1 aliphatic heterocycles. The number of carboxylic acids is 1. The Bertz CT molecular complexity index is 443. The highest BCUT2D eigenvalue weighted by molar-refractivity contribution is 5.79. The van der Waals surface area contributed by atoms with Crippen molar-refractivity contribution >= 4 is 5.97 Å². The molecule has 0 saturated carbocycles. The fraction of sp³-hybridized carbons (Fsp3) is 0.636. The van der Waals surface area contributed by atoms with Crippen molar-refractivity contribution in [2.75, 3.05) is 13.1 Å². The summed E-state index contributed by atoms with van der Waals surface area (Å²) in [4.78, 5) is 13.1. The molecule has 0 aliphatic carbocycles. The molecule has 0 radical (unpaired) electrons. The number of nitrogens with two attached hydrogens (primary N) is 1. The van der Waals surface area contributed by atoms with Crippen LogP contribution in [0.5, 0.6) is 0 Å². The van der Waals surface area contributed by atoms with Gasteiger partial charge in [0.05, 0.1) is 5.69 Å². The van der Waals surface area contributed by atoms with E-state index in [0.717, 1.165) is 17.8 Å². The van der Waals surface area contributed by atoms with Gasteiger partial charge in [0.2, 0.25) is 0 Å². The summed E-state index contributed by atoms with van der Waals surface area (Å²) in [7, 11) is 1.88. The van der Waals surface area contributed by atoms with Crippen LogP contribution in [0, 0.1) is 6.92 Å². The summed E-state index contributed by atoms with van der Waals surface area (Å²) >= 11 is 0. The maximum absolute atomic E-state index is 11.0. The summed E-state index contributed by atoms with van der Waals surface area (Å²) in [6, 6.07) is 0. The lowest BCUT2D eigenvalue weighted by Crippen LogP contribution is -2.50. The second-order valence-electron chi connectivity index (χ2n) is 4.84. The predicted molar refractivity (Wildman–Crippen MR) is 62.4 cm³/mol. The molecule has 1 fully saturated rings. The Kier molecular flexibility index (Phi) is 2.92. The molecule has 0 bridgehead atoms. The molecule has 2 rings (SSSR count). The van der Waals surface area contributed by atoms with Crippen LogP contribution in [-0.4, -0.2) is 44.4 Å². The van der Waals surface area contributed by atoms with Gasteiger partial charge in [0.1, 0.15) is 5.54 Å². The fourth-order valence-electron chi connectivity index (χ4n) is 2.27.